The summed E-state index contributed by atoms with van der Waals surface area (Å²) in [6, 6.07) is 14.7. The van der Waals surface area contributed by atoms with Crippen molar-refractivity contribution in [2.75, 3.05) is 28.3 Å². The number of nitrogens with one attached hydrogen (secondary N) is 2. The maximum absolute atomic E-state index is 11.9. The van der Waals surface area contributed by atoms with E-state index in [4.69, 9.17) is 4.74 Å². The van der Waals surface area contributed by atoms with Gasteiger partial charge in [0.25, 0.3) is 5.91 Å². The molecule has 148 valence electrons. The second-order valence-electron chi connectivity index (χ2n) is 6.36. The van der Waals surface area contributed by atoms with Gasteiger partial charge in [-0.05, 0) is 35.4 Å². The molecule has 0 heterocycles. The smallest absolute Gasteiger partial charge is 0.337 e. The molecule has 0 saturated heterocycles. The Labute approximate surface area is 165 Å². The van der Waals surface area contributed by atoms with Crippen LogP contribution in [0.2, 0.25) is 0 Å². The number of methoxy groups -OCH3 is 1. The molecular weight excluding hydrogens is 356 g/mol. The van der Waals surface area contributed by atoms with Crippen molar-refractivity contribution < 1.29 is 14.3 Å². The molecule has 2 aromatic carbocycles. The van der Waals surface area contributed by atoms with Crippen molar-refractivity contribution in [2.45, 2.75) is 13.1 Å². The third-order valence-corrected chi connectivity index (χ3v) is 4.13. The van der Waals surface area contributed by atoms with E-state index in [-0.39, 0.29) is 11.9 Å². The SMILES string of the molecule is CN=C(NCc1ccc(C(=O)OC)cc1)NCc1ccc(C(=O)N(C)C)cc1. The standard InChI is InChI=1S/C21H26N4O3/c1-22-21(24-14-16-7-11-18(12-8-16)20(27)28-4)23-13-15-5-9-17(10-6-15)19(26)25(2)3/h5-12H,13-14H2,1-4H3,(H2,22,23,24). The van der Waals surface area contributed by atoms with Gasteiger partial charge in [0.05, 0.1) is 12.7 Å². The van der Waals surface area contributed by atoms with E-state index in [1.165, 1.54) is 7.11 Å². The summed E-state index contributed by atoms with van der Waals surface area (Å²) in [7, 11) is 6.53. The van der Waals surface area contributed by atoms with E-state index in [1.807, 2.05) is 36.4 Å². The number of aliphatic imine (C=N–C) groups is 1. The van der Waals surface area contributed by atoms with Crippen LogP contribution in [0.1, 0.15) is 31.8 Å². The molecule has 0 bridgehead atoms. The lowest BCUT2D eigenvalue weighted by Crippen LogP contribution is -2.36. The number of hydrogen-bond acceptors (Lipinski definition) is 4. The predicted molar refractivity (Wildman–Crippen MR) is 109 cm³/mol. The number of ether oxygens (including phenoxy) is 1. The topological polar surface area (TPSA) is 83.0 Å². The summed E-state index contributed by atoms with van der Waals surface area (Å²) < 4.78 is 4.69. The highest BCUT2D eigenvalue weighted by atomic mass is 16.5. The number of rotatable bonds is 6. The number of carbonyl (C=O) groups excluding carboxylic acids is 2. The van der Waals surface area contributed by atoms with Crippen LogP contribution in [0.4, 0.5) is 0 Å². The van der Waals surface area contributed by atoms with Crippen molar-refractivity contribution in [2.24, 2.45) is 4.99 Å². The minimum absolute atomic E-state index is 0.0183. The molecule has 7 nitrogen and oxygen atoms in total. The van der Waals surface area contributed by atoms with Crippen molar-refractivity contribution in [3.63, 3.8) is 0 Å². The van der Waals surface area contributed by atoms with E-state index in [9.17, 15) is 9.59 Å². The molecule has 2 N–H and O–H groups in total. The molecule has 0 fully saturated rings. The fourth-order valence-electron chi connectivity index (χ4n) is 2.49. The van der Waals surface area contributed by atoms with Crippen LogP contribution in [0.15, 0.2) is 53.5 Å². The highest BCUT2D eigenvalue weighted by Crippen LogP contribution is 2.07. The van der Waals surface area contributed by atoms with Crippen molar-refractivity contribution in [3.8, 4) is 0 Å². The van der Waals surface area contributed by atoms with Gasteiger partial charge in [-0.25, -0.2) is 4.79 Å². The Morgan fingerprint density at radius 2 is 1.36 bits per heavy atom. The van der Waals surface area contributed by atoms with Crippen LogP contribution in [0.25, 0.3) is 0 Å². The number of nitrogens with zero attached hydrogens (tertiary/aromatic N) is 2. The third kappa shape index (κ3) is 5.84. The molecule has 0 unspecified atom stereocenters. The van der Waals surface area contributed by atoms with Crippen LogP contribution in [0, 0.1) is 0 Å². The van der Waals surface area contributed by atoms with Gasteiger partial charge in [0, 0.05) is 39.8 Å². The Morgan fingerprint density at radius 3 is 1.75 bits per heavy atom. The lowest BCUT2D eigenvalue weighted by atomic mass is 10.1. The van der Waals surface area contributed by atoms with E-state index < -0.39 is 0 Å². The fourth-order valence-corrected chi connectivity index (χ4v) is 2.49. The zero-order valence-corrected chi connectivity index (χ0v) is 16.7. The van der Waals surface area contributed by atoms with Gasteiger partial charge in [0.2, 0.25) is 0 Å². The van der Waals surface area contributed by atoms with Gasteiger partial charge in [0.15, 0.2) is 5.96 Å². The first kappa shape index (κ1) is 21.0. The second kappa shape index (κ2) is 10.1. The minimum Gasteiger partial charge on any atom is -0.465 e. The molecule has 7 heteroatoms. The average molecular weight is 382 g/mol. The zero-order chi connectivity index (χ0) is 20.5. The summed E-state index contributed by atoms with van der Waals surface area (Å²) in [6.07, 6.45) is 0. The van der Waals surface area contributed by atoms with Crippen LogP contribution in [0.3, 0.4) is 0 Å². The maximum Gasteiger partial charge on any atom is 0.337 e. The summed E-state index contributed by atoms with van der Waals surface area (Å²) in [5, 5.41) is 6.46. The molecule has 0 radical (unpaired) electrons. The van der Waals surface area contributed by atoms with Gasteiger partial charge in [0.1, 0.15) is 0 Å². The van der Waals surface area contributed by atoms with E-state index >= 15 is 0 Å². The van der Waals surface area contributed by atoms with E-state index in [1.54, 1.807) is 38.2 Å². The summed E-state index contributed by atoms with van der Waals surface area (Å²) >= 11 is 0. The van der Waals surface area contributed by atoms with Crippen LogP contribution >= 0.6 is 0 Å². The summed E-state index contributed by atoms with van der Waals surface area (Å²) in [5.41, 5.74) is 3.24. The van der Waals surface area contributed by atoms with E-state index in [2.05, 4.69) is 15.6 Å². The fraction of sp³-hybridized carbons (Fsp3) is 0.286. The number of esters is 1. The van der Waals surface area contributed by atoms with Gasteiger partial charge in [-0.2, -0.15) is 0 Å². The Morgan fingerprint density at radius 1 is 0.893 bits per heavy atom. The molecular formula is C21H26N4O3. The molecule has 0 aliphatic carbocycles. The molecule has 0 spiro atoms. The van der Waals surface area contributed by atoms with Crippen molar-refractivity contribution in [3.05, 3.63) is 70.8 Å². The Kier molecular flexibility index (Phi) is 7.56. The molecule has 0 aliphatic rings. The average Bonchev–Trinajstić information content (AvgIpc) is 2.73. The van der Waals surface area contributed by atoms with E-state index in [0.717, 1.165) is 11.1 Å². The monoisotopic (exact) mass is 382 g/mol. The van der Waals surface area contributed by atoms with Crippen LogP contribution in [-0.4, -0.2) is 51.0 Å². The van der Waals surface area contributed by atoms with Crippen LogP contribution in [0.5, 0.6) is 0 Å². The third-order valence-electron chi connectivity index (χ3n) is 4.13. The van der Waals surface area contributed by atoms with Gasteiger partial charge >= 0.3 is 5.97 Å². The largest absolute Gasteiger partial charge is 0.465 e. The summed E-state index contributed by atoms with van der Waals surface area (Å²) in [6.45, 7) is 1.15. The zero-order valence-electron chi connectivity index (χ0n) is 16.7. The molecule has 1 amide bonds. The Balaban J connectivity index is 1.86. The second-order valence-corrected chi connectivity index (χ2v) is 6.36. The highest BCUT2D eigenvalue weighted by molar-refractivity contribution is 5.93. The summed E-state index contributed by atoms with van der Waals surface area (Å²) in [5.74, 6) is 0.288. The number of carbonyl (C=O) groups is 2. The number of hydrogen-bond donors (Lipinski definition) is 2. The van der Waals surface area contributed by atoms with Crippen molar-refractivity contribution in [1.82, 2.24) is 15.5 Å². The number of benzene rings is 2. The normalized spacial score (nSPS) is 10.9. The first-order chi connectivity index (χ1) is 13.4. The molecule has 2 rings (SSSR count). The predicted octanol–water partition coefficient (Wildman–Crippen LogP) is 2.04. The van der Waals surface area contributed by atoms with E-state index in [0.29, 0.717) is 30.2 Å². The molecule has 0 aromatic heterocycles. The highest BCUT2D eigenvalue weighted by Gasteiger charge is 2.08. The first-order valence-corrected chi connectivity index (χ1v) is 8.87. The van der Waals surface area contributed by atoms with Gasteiger partial charge in [-0.1, -0.05) is 24.3 Å². The molecule has 2 aromatic rings. The number of guanidine groups is 1. The summed E-state index contributed by atoms with van der Waals surface area (Å²) in [4.78, 5) is 29.1. The molecule has 0 saturated carbocycles. The van der Waals surface area contributed by atoms with Gasteiger partial charge < -0.3 is 20.3 Å². The Bertz CT molecular complexity index is 828. The first-order valence-electron chi connectivity index (χ1n) is 8.87. The van der Waals surface area contributed by atoms with Crippen LogP contribution < -0.4 is 10.6 Å². The minimum atomic E-state index is -0.352. The van der Waals surface area contributed by atoms with Crippen molar-refractivity contribution >= 4 is 17.8 Å². The van der Waals surface area contributed by atoms with Gasteiger partial charge in [-0.15, -0.1) is 0 Å². The maximum atomic E-state index is 11.9. The van der Waals surface area contributed by atoms with Crippen LogP contribution in [-0.2, 0) is 17.8 Å². The van der Waals surface area contributed by atoms with Crippen molar-refractivity contribution in [1.29, 1.82) is 0 Å². The lowest BCUT2D eigenvalue weighted by molar-refractivity contribution is 0.0600. The van der Waals surface area contributed by atoms with Gasteiger partial charge in [-0.3, -0.25) is 9.79 Å². The number of amides is 1. The molecule has 28 heavy (non-hydrogen) atoms. The quantitative estimate of drug-likeness (QED) is 0.454. The molecule has 0 atom stereocenters. The Hall–Kier alpha value is -3.35. The lowest BCUT2D eigenvalue weighted by Gasteiger charge is -2.13. The molecule has 0 aliphatic heterocycles.